The molecule has 1 aromatic carbocycles. The zero-order valence-electron chi connectivity index (χ0n) is 18.6. The molecule has 3 atom stereocenters. The Hall–Kier alpha value is -3.43. The largest absolute Gasteiger partial charge is 0.481 e. The molecule has 4 heterocycles. The van der Waals surface area contributed by atoms with Gasteiger partial charge in [-0.25, -0.2) is 19.0 Å². The van der Waals surface area contributed by atoms with Gasteiger partial charge in [0.05, 0.1) is 7.11 Å². The second-order valence-corrected chi connectivity index (χ2v) is 9.03. The smallest absolute Gasteiger partial charge is 0.244 e. The van der Waals surface area contributed by atoms with Gasteiger partial charge in [0.15, 0.2) is 0 Å². The van der Waals surface area contributed by atoms with Crippen molar-refractivity contribution in [1.29, 1.82) is 0 Å². The van der Waals surface area contributed by atoms with Crippen molar-refractivity contribution < 1.29 is 9.13 Å². The average Bonchev–Trinajstić information content (AvgIpc) is 3.35. The minimum atomic E-state index is -0.234. The van der Waals surface area contributed by atoms with Crippen LogP contribution < -0.4 is 19.9 Å². The third-order valence-corrected chi connectivity index (χ3v) is 7.07. The van der Waals surface area contributed by atoms with Crippen molar-refractivity contribution in [3.63, 3.8) is 0 Å². The number of halogens is 1. The summed E-state index contributed by atoms with van der Waals surface area (Å²) in [7, 11) is 1.63. The summed E-state index contributed by atoms with van der Waals surface area (Å²) in [6.45, 7) is 3.55. The zero-order chi connectivity index (χ0) is 22.4. The molecule has 3 aromatic rings. The number of hydrogen-bond acceptors (Lipinski definition) is 8. The molecular formula is C23H27FN8O. The van der Waals surface area contributed by atoms with Crippen LogP contribution in [0.3, 0.4) is 0 Å². The normalized spacial score (nSPS) is 24.0. The maximum absolute atomic E-state index is 13.4. The van der Waals surface area contributed by atoms with Crippen molar-refractivity contribution in [3.8, 4) is 5.88 Å². The molecule has 33 heavy (non-hydrogen) atoms. The molecule has 2 bridgehead atoms. The molecular weight excluding hydrogens is 423 g/mol. The fourth-order valence-electron chi connectivity index (χ4n) is 5.50. The number of fused-ring (bicyclic) bond motifs is 3. The predicted octanol–water partition coefficient (Wildman–Crippen LogP) is 3.08. The number of nitrogens with zero attached hydrogens (tertiary/aromatic N) is 7. The summed E-state index contributed by atoms with van der Waals surface area (Å²) in [5.41, 5.74) is 0.935. The third kappa shape index (κ3) is 3.73. The molecule has 10 heteroatoms. The topological polar surface area (TPSA) is 84.2 Å². The van der Waals surface area contributed by atoms with E-state index < -0.39 is 0 Å². The Bertz CT molecular complexity index is 1120. The van der Waals surface area contributed by atoms with Crippen molar-refractivity contribution in [2.24, 2.45) is 11.8 Å². The lowest BCUT2D eigenvalue weighted by Crippen LogP contribution is -2.48. The first kappa shape index (κ1) is 20.2. The Morgan fingerprint density at radius 3 is 2.61 bits per heavy atom. The first-order chi connectivity index (χ1) is 16.2. The molecule has 2 aromatic heterocycles. The number of rotatable bonds is 5. The molecule has 2 fully saturated rings. The van der Waals surface area contributed by atoms with E-state index in [2.05, 4.69) is 25.1 Å². The summed E-state index contributed by atoms with van der Waals surface area (Å²) in [4.78, 5) is 17.9. The summed E-state index contributed by atoms with van der Waals surface area (Å²) in [6, 6.07) is 8.82. The van der Waals surface area contributed by atoms with Gasteiger partial charge in [-0.3, -0.25) is 0 Å². The summed E-state index contributed by atoms with van der Waals surface area (Å²) in [5.74, 6) is 3.76. The number of methoxy groups -OCH3 is 1. The van der Waals surface area contributed by atoms with E-state index in [1.807, 2.05) is 10.7 Å². The van der Waals surface area contributed by atoms with Crippen molar-refractivity contribution in [2.45, 2.75) is 31.8 Å². The number of aryl methyl sites for hydroxylation is 1. The zero-order valence-corrected chi connectivity index (χ0v) is 18.6. The molecule has 0 spiro atoms. The summed E-state index contributed by atoms with van der Waals surface area (Å²) < 4.78 is 20.6. The maximum atomic E-state index is 13.4. The first-order valence-corrected chi connectivity index (χ1v) is 11.5. The Morgan fingerprint density at radius 2 is 1.85 bits per heavy atom. The van der Waals surface area contributed by atoms with Gasteiger partial charge in [0.1, 0.15) is 18.0 Å². The van der Waals surface area contributed by atoms with E-state index in [1.165, 1.54) is 25.0 Å². The van der Waals surface area contributed by atoms with Gasteiger partial charge in [-0.15, -0.1) is 5.10 Å². The van der Waals surface area contributed by atoms with E-state index in [-0.39, 0.29) is 5.82 Å². The lowest BCUT2D eigenvalue weighted by Gasteiger charge is -2.38. The van der Waals surface area contributed by atoms with E-state index in [9.17, 15) is 4.39 Å². The molecule has 1 saturated heterocycles. The van der Waals surface area contributed by atoms with Crippen LogP contribution in [-0.4, -0.2) is 57.5 Å². The lowest BCUT2D eigenvalue weighted by molar-refractivity contribution is 0.372. The molecule has 1 saturated carbocycles. The summed E-state index contributed by atoms with van der Waals surface area (Å²) in [6.07, 6.45) is 4.89. The predicted molar refractivity (Wildman–Crippen MR) is 122 cm³/mol. The van der Waals surface area contributed by atoms with Gasteiger partial charge in [-0.2, -0.15) is 4.98 Å². The molecule has 0 amide bonds. The van der Waals surface area contributed by atoms with Crippen LogP contribution in [0, 0.1) is 17.7 Å². The Morgan fingerprint density at radius 1 is 1.06 bits per heavy atom. The monoisotopic (exact) mass is 450 g/mol. The Labute approximate surface area is 191 Å². The second kappa shape index (κ2) is 8.17. The standard InChI is InChI=1S/C23H27FN8O/c1-33-20-11-19(25-14-26-20)30-12-15-3-4-16(13-30)21(15)27-22-28-23-31(9-2-10-32(23)29-22)18-7-5-17(24)6-8-18/h5-8,11,14-16,21H,2-4,9-10,12-13H2,1H3,(H,27,29)/t15-,16+,21+. The first-order valence-electron chi connectivity index (χ1n) is 11.5. The number of benzene rings is 1. The van der Waals surface area contributed by atoms with Crippen LogP contribution in [0.5, 0.6) is 5.88 Å². The molecule has 9 nitrogen and oxygen atoms in total. The van der Waals surface area contributed by atoms with E-state index >= 15 is 0 Å². The summed E-state index contributed by atoms with van der Waals surface area (Å²) in [5, 5.41) is 8.42. The third-order valence-electron chi connectivity index (χ3n) is 7.07. The van der Waals surface area contributed by atoms with Crippen LogP contribution in [0.1, 0.15) is 19.3 Å². The molecule has 3 aliphatic rings. The summed E-state index contributed by atoms with van der Waals surface area (Å²) >= 11 is 0. The molecule has 1 aliphatic carbocycles. The highest BCUT2D eigenvalue weighted by molar-refractivity contribution is 5.59. The highest BCUT2D eigenvalue weighted by Crippen LogP contribution is 2.40. The number of nitrogens with one attached hydrogen (secondary N) is 1. The molecule has 0 radical (unpaired) electrons. The van der Waals surface area contributed by atoms with E-state index in [0.717, 1.165) is 50.1 Å². The number of ether oxygens (including phenoxy) is 1. The van der Waals surface area contributed by atoms with Crippen molar-refractivity contribution >= 4 is 23.4 Å². The highest BCUT2D eigenvalue weighted by atomic mass is 19.1. The van der Waals surface area contributed by atoms with Gasteiger partial charge in [-0.05, 0) is 55.4 Å². The van der Waals surface area contributed by atoms with E-state index in [0.29, 0.717) is 29.7 Å². The number of anilines is 4. The van der Waals surface area contributed by atoms with Gasteiger partial charge in [0, 0.05) is 44.0 Å². The number of piperidine rings is 1. The minimum Gasteiger partial charge on any atom is -0.481 e. The SMILES string of the molecule is COc1cc(N2C[C@H]3CC[C@@H](C2)[C@H]3Nc2nc3n(n2)CCCN3c2ccc(F)cc2)ncn1. The van der Waals surface area contributed by atoms with Crippen molar-refractivity contribution in [3.05, 3.63) is 42.5 Å². The average molecular weight is 451 g/mol. The minimum absolute atomic E-state index is 0.234. The lowest BCUT2D eigenvalue weighted by atomic mass is 9.92. The molecule has 2 aliphatic heterocycles. The van der Waals surface area contributed by atoms with Crippen LogP contribution in [0.15, 0.2) is 36.7 Å². The van der Waals surface area contributed by atoms with Crippen LogP contribution in [-0.2, 0) is 6.54 Å². The quantitative estimate of drug-likeness (QED) is 0.635. The van der Waals surface area contributed by atoms with E-state index in [4.69, 9.17) is 14.8 Å². The number of hydrogen-bond donors (Lipinski definition) is 1. The molecule has 6 rings (SSSR count). The fraction of sp³-hybridized carbons (Fsp3) is 0.478. The second-order valence-electron chi connectivity index (χ2n) is 9.03. The van der Waals surface area contributed by atoms with Crippen LogP contribution in [0.4, 0.5) is 27.8 Å². The van der Waals surface area contributed by atoms with Crippen molar-refractivity contribution in [2.75, 3.05) is 41.9 Å². The molecule has 172 valence electrons. The van der Waals surface area contributed by atoms with Gasteiger partial charge in [-0.1, -0.05) is 0 Å². The number of aromatic nitrogens is 5. The van der Waals surface area contributed by atoms with Crippen molar-refractivity contribution in [1.82, 2.24) is 24.7 Å². The van der Waals surface area contributed by atoms with Crippen LogP contribution in [0.25, 0.3) is 0 Å². The Kier molecular flexibility index (Phi) is 5.00. The fourth-order valence-corrected chi connectivity index (χ4v) is 5.50. The molecule has 1 N–H and O–H groups in total. The Balaban J connectivity index is 1.19. The van der Waals surface area contributed by atoms with E-state index in [1.54, 1.807) is 25.6 Å². The molecule has 0 unspecified atom stereocenters. The maximum Gasteiger partial charge on any atom is 0.244 e. The van der Waals surface area contributed by atoms with Crippen LogP contribution >= 0.6 is 0 Å². The van der Waals surface area contributed by atoms with Gasteiger partial charge < -0.3 is 19.9 Å². The van der Waals surface area contributed by atoms with Crippen LogP contribution in [0.2, 0.25) is 0 Å². The van der Waals surface area contributed by atoms with Gasteiger partial charge in [0.2, 0.25) is 17.8 Å². The van der Waals surface area contributed by atoms with Gasteiger partial charge >= 0.3 is 0 Å². The highest BCUT2D eigenvalue weighted by Gasteiger charge is 2.43. The van der Waals surface area contributed by atoms with Gasteiger partial charge in [0.25, 0.3) is 0 Å².